The van der Waals surface area contributed by atoms with Crippen LogP contribution >= 0.6 is 11.3 Å². The minimum Gasteiger partial charge on any atom is -0.445 e. The first-order chi connectivity index (χ1) is 25.1. The summed E-state index contributed by atoms with van der Waals surface area (Å²) < 4.78 is 10.5. The zero-order valence-electron chi connectivity index (χ0n) is 29.8. The number of alkyl carbamates (subject to hydrolysis) is 1. The Labute approximate surface area is 308 Å². The van der Waals surface area contributed by atoms with Gasteiger partial charge in [-0.3, -0.25) is 4.79 Å². The summed E-state index contributed by atoms with van der Waals surface area (Å²) >= 11 is 1.60. The van der Waals surface area contributed by atoms with Crippen LogP contribution < -0.4 is 16.0 Å². The summed E-state index contributed by atoms with van der Waals surface area (Å²) in [7, 11) is 1.68. The van der Waals surface area contributed by atoms with Crippen molar-refractivity contribution in [3.63, 3.8) is 0 Å². The molecule has 4 aromatic rings. The van der Waals surface area contributed by atoms with E-state index in [0.717, 1.165) is 34.7 Å². The average Bonchev–Trinajstić information content (AvgIpc) is 3.94. The summed E-state index contributed by atoms with van der Waals surface area (Å²) in [5, 5.41) is 23.5. The highest BCUT2D eigenvalue weighted by Crippen LogP contribution is 2.30. The zero-order valence-corrected chi connectivity index (χ0v) is 30.6. The predicted molar refractivity (Wildman–Crippen MR) is 198 cm³/mol. The SMILES string of the molecule is CC(C)[C@H](NC(=O)N(C)Cc1csc(C2C=CCC2)n1)C(=O)N[C@@H](Cc1ccccc1)C[C@H](O)[C@H](Cc1ccccc1)NC(=O)OCc1cnco1. The molecule has 2 aromatic heterocycles. The minimum atomic E-state index is -1.08. The third kappa shape index (κ3) is 11.5. The number of ether oxygens (including phenoxy) is 1. The highest BCUT2D eigenvalue weighted by molar-refractivity contribution is 7.09. The fraction of sp³-hybridized carbons (Fsp3) is 0.410. The molecular formula is C39H48N6O6S. The molecule has 2 heterocycles. The van der Waals surface area contributed by atoms with Gasteiger partial charge in [0.15, 0.2) is 18.8 Å². The van der Waals surface area contributed by atoms with Crippen molar-refractivity contribution >= 4 is 29.4 Å². The van der Waals surface area contributed by atoms with Gasteiger partial charge in [0.2, 0.25) is 5.91 Å². The van der Waals surface area contributed by atoms with E-state index >= 15 is 0 Å². The maximum absolute atomic E-state index is 13.9. The molecule has 1 unspecified atom stereocenters. The molecular weight excluding hydrogens is 681 g/mol. The van der Waals surface area contributed by atoms with Crippen molar-refractivity contribution < 1.29 is 28.6 Å². The third-order valence-corrected chi connectivity index (χ3v) is 9.99. The van der Waals surface area contributed by atoms with E-state index in [9.17, 15) is 19.5 Å². The monoisotopic (exact) mass is 728 g/mol. The Morgan fingerprint density at radius 1 is 1.02 bits per heavy atom. The Morgan fingerprint density at radius 2 is 1.73 bits per heavy atom. The van der Waals surface area contributed by atoms with Crippen molar-refractivity contribution in [1.82, 2.24) is 30.8 Å². The standard InChI is InChI=1S/C39H48N6O6S/c1-26(2)35(44-38(48)45(3)22-31-24-52-37(42-31)29-16-10-11-17-29)36(47)41-30(18-27-12-6-4-7-13-27)20-34(46)33(19-28-14-8-5-9-15-28)43-39(49)50-23-32-21-40-25-51-32/h4-10,12-16,21,24-26,29-30,33-35,46H,11,17-20,22-23H2,1-3H3,(H,41,47)(H,43,49)(H,44,48)/t29?,30-,33-,34-,35-/m0/s1. The van der Waals surface area contributed by atoms with Crippen LogP contribution in [-0.2, 0) is 35.5 Å². The Bertz CT molecular complexity index is 1730. The highest BCUT2D eigenvalue weighted by Gasteiger charge is 2.31. The van der Waals surface area contributed by atoms with Crippen LogP contribution in [0.15, 0.2) is 95.2 Å². The Balaban J connectivity index is 1.25. The number of thiazole rings is 1. The van der Waals surface area contributed by atoms with Crippen molar-refractivity contribution in [3.05, 3.63) is 118 Å². The molecule has 52 heavy (non-hydrogen) atoms. The maximum Gasteiger partial charge on any atom is 0.407 e. The number of hydrogen-bond acceptors (Lipinski definition) is 9. The maximum atomic E-state index is 13.9. The summed E-state index contributed by atoms with van der Waals surface area (Å²) in [4.78, 5) is 50.3. The summed E-state index contributed by atoms with van der Waals surface area (Å²) in [6, 6.07) is 16.6. The van der Waals surface area contributed by atoms with Gasteiger partial charge in [-0.2, -0.15) is 0 Å². The second kappa shape index (κ2) is 19.0. The zero-order chi connectivity index (χ0) is 36.9. The molecule has 0 saturated carbocycles. The highest BCUT2D eigenvalue weighted by atomic mass is 32.1. The molecule has 4 N–H and O–H groups in total. The van der Waals surface area contributed by atoms with Crippen molar-refractivity contribution in [2.75, 3.05) is 7.05 Å². The van der Waals surface area contributed by atoms with E-state index < -0.39 is 30.3 Å². The van der Waals surface area contributed by atoms with Gasteiger partial charge in [0.25, 0.3) is 0 Å². The van der Waals surface area contributed by atoms with Crippen LogP contribution in [0.5, 0.6) is 0 Å². The van der Waals surface area contributed by atoms with Crippen molar-refractivity contribution in [1.29, 1.82) is 0 Å². The lowest BCUT2D eigenvalue weighted by molar-refractivity contribution is -0.124. The van der Waals surface area contributed by atoms with Gasteiger partial charge in [-0.25, -0.2) is 19.6 Å². The van der Waals surface area contributed by atoms with Crippen molar-refractivity contribution in [2.45, 2.75) is 89.3 Å². The normalized spacial score (nSPS) is 16.1. The van der Waals surface area contributed by atoms with Gasteiger partial charge < -0.3 is 35.1 Å². The molecule has 5 atom stereocenters. The predicted octanol–water partition coefficient (Wildman–Crippen LogP) is 5.75. The molecule has 0 spiro atoms. The molecule has 276 valence electrons. The Hall–Kier alpha value is -5.01. The number of carbonyl (C=O) groups excluding carboxylic acids is 3. The molecule has 0 saturated heterocycles. The third-order valence-electron chi connectivity index (χ3n) is 8.97. The van der Waals surface area contributed by atoms with E-state index in [1.165, 1.54) is 17.5 Å². The van der Waals surface area contributed by atoms with E-state index in [1.807, 2.05) is 79.9 Å². The number of aromatic nitrogens is 2. The molecule has 5 rings (SSSR count). The number of aliphatic hydroxyl groups is 1. The quantitative estimate of drug-likeness (QED) is 0.100. The lowest BCUT2D eigenvalue weighted by atomic mass is 9.93. The van der Waals surface area contributed by atoms with E-state index in [4.69, 9.17) is 14.1 Å². The second-order valence-electron chi connectivity index (χ2n) is 13.5. The van der Waals surface area contributed by atoms with Crippen LogP contribution in [0.4, 0.5) is 9.59 Å². The van der Waals surface area contributed by atoms with Gasteiger partial charge in [0.1, 0.15) is 6.04 Å². The molecule has 1 aliphatic carbocycles. The molecule has 13 heteroatoms. The number of nitrogens with one attached hydrogen (secondary N) is 3. The van der Waals surface area contributed by atoms with Crippen LogP contribution in [0.3, 0.4) is 0 Å². The average molecular weight is 729 g/mol. The molecule has 12 nitrogen and oxygen atoms in total. The summed E-state index contributed by atoms with van der Waals surface area (Å²) in [5.41, 5.74) is 2.67. The topological polar surface area (TPSA) is 159 Å². The summed E-state index contributed by atoms with van der Waals surface area (Å²) in [5.74, 6) is 0.116. The second-order valence-corrected chi connectivity index (χ2v) is 14.4. The van der Waals surface area contributed by atoms with Gasteiger partial charge >= 0.3 is 12.1 Å². The Kier molecular flexibility index (Phi) is 14.0. The van der Waals surface area contributed by atoms with Gasteiger partial charge in [0.05, 0.1) is 35.6 Å². The van der Waals surface area contributed by atoms with Crippen LogP contribution in [0.25, 0.3) is 0 Å². The first kappa shape index (κ1) is 38.2. The number of hydrogen-bond donors (Lipinski definition) is 4. The van der Waals surface area contributed by atoms with E-state index in [-0.39, 0.29) is 30.9 Å². The molecule has 0 radical (unpaired) electrons. The first-order valence-electron chi connectivity index (χ1n) is 17.6. The number of urea groups is 1. The largest absolute Gasteiger partial charge is 0.445 e. The van der Waals surface area contributed by atoms with Crippen LogP contribution in [0.2, 0.25) is 0 Å². The summed E-state index contributed by atoms with van der Waals surface area (Å²) in [6.07, 6.45) is 8.22. The molecule has 0 aliphatic heterocycles. The number of rotatable bonds is 17. The number of carbonyl (C=O) groups is 3. The Morgan fingerprint density at radius 3 is 2.37 bits per heavy atom. The van der Waals surface area contributed by atoms with Crippen LogP contribution in [0.1, 0.15) is 66.6 Å². The van der Waals surface area contributed by atoms with Crippen molar-refractivity contribution in [2.24, 2.45) is 5.92 Å². The van der Waals surface area contributed by atoms with Crippen LogP contribution in [0, 0.1) is 5.92 Å². The minimum absolute atomic E-state index is 0.113. The van der Waals surface area contributed by atoms with E-state index in [1.54, 1.807) is 18.4 Å². The molecule has 1 aliphatic rings. The molecule has 0 fully saturated rings. The number of benzene rings is 2. The van der Waals surface area contributed by atoms with Crippen LogP contribution in [-0.4, -0.2) is 69.3 Å². The fourth-order valence-electron chi connectivity index (χ4n) is 6.13. The van der Waals surface area contributed by atoms with Gasteiger partial charge in [-0.15, -0.1) is 11.3 Å². The molecule has 0 bridgehead atoms. The number of nitrogens with zero attached hydrogens (tertiary/aromatic N) is 3. The molecule has 2 aromatic carbocycles. The lowest BCUT2D eigenvalue weighted by Crippen LogP contribution is -2.55. The van der Waals surface area contributed by atoms with Gasteiger partial charge in [0, 0.05) is 24.4 Å². The number of amides is 4. The smallest absolute Gasteiger partial charge is 0.407 e. The van der Waals surface area contributed by atoms with Gasteiger partial charge in [-0.1, -0.05) is 86.7 Å². The van der Waals surface area contributed by atoms with E-state index in [2.05, 4.69) is 33.1 Å². The summed E-state index contributed by atoms with van der Waals surface area (Å²) in [6.45, 7) is 3.94. The number of allylic oxidation sites excluding steroid dienone is 2. The lowest BCUT2D eigenvalue weighted by Gasteiger charge is -2.30. The number of aliphatic hydroxyl groups excluding tert-OH is 1. The first-order valence-corrected chi connectivity index (χ1v) is 18.5. The van der Waals surface area contributed by atoms with Crippen molar-refractivity contribution in [3.8, 4) is 0 Å². The fourth-order valence-corrected chi connectivity index (χ4v) is 7.06. The number of oxazole rings is 1. The molecule has 4 amide bonds. The van der Waals surface area contributed by atoms with E-state index in [0.29, 0.717) is 31.1 Å². The van der Waals surface area contributed by atoms with Gasteiger partial charge in [-0.05, 0) is 49.1 Å².